The van der Waals surface area contributed by atoms with Crippen molar-refractivity contribution < 1.29 is 9.59 Å². The number of rotatable bonds is 1. The lowest BCUT2D eigenvalue weighted by molar-refractivity contribution is -0.124. The molecule has 1 spiro atoms. The zero-order valence-electron chi connectivity index (χ0n) is 16.4. The number of allylic oxidation sites excluding steroid dienone is 1. The quantitative estimate of drug-likeness (QED) is 0.779. The van der Waals surface area contributed by atoms with E-state index in [1.165, 1.54) is 6.07 Å². The lowest BCUT2D eigenvalue weighted by Gasteiger charge is -2.51. The molecule has 29 heavy (non-hydrogen) atoms. The molecule has 1 fully saturated rings. The second-order valence-electron chi connectivity index (χ2n) is 8.41. The normalized spacial score (nSPS) is 21.2. The minimum absolute atomic E-state index is 0.0126. The van der Waals surface area contributed by atoms with Crippen LogP contribution in [0.1, 0.15) is 68.1 Å². The predicted molar refractivity (Wildman–Crippen MR) is 110 cm³/mol. The summed E-state index contributed by atoms with van der Waals surface area (Å²) >= 11 is 0. The van der Waals surface area contributed by atoms with Crippen LogP contribution in [0.15, 0.2) is 46.4 Å². The summed E-state index contributed by atoms with van der Waals surface area (Å²) in [6.07, 6.45) is 7.95. The first-order valence-corrected chi connectivity index (χ1v) is 10.6. The predicted octanol–water partition coefficient (Wildman–Crippen LogP) is 3.59. The second kappa shape index (κ2) is 6.87. The van der Waals surface area contributed by atoms with Gasteiger partial charge >= 0.3 is 0 Å². The van der Waals surface area contributed by atoms with Crippen LogP contribution in [-0.4, -0.2) is 27.4 Å². The van der Waals surface area contributed by atoms with Crippen molar-refractivity contribution in [1.82, 2.24) is 15.2 Å². The third-order valence-corrected chi connectivity index (χ3v) is 6.62. The molecule has 0 atom stereocenters. The van der Waals surface area contributed by atoms with E-state index in [9.17, 15) is 14.4 Å². The van der Waals surface area contributed by atoms with E-state index in [0.29, 0.717) is 17.5 Å². The third kappa shape index (κ3) is 2.89. The number of benzene rings is 1. The zero-order valence-corrected chi connectivity index (χ0v) is 16.4. The number of carbonyl (C=O) groups is 2. The summed E-state index contributed by atoms with van der Waals surface area (Å²) in [7, 11) is 0. The van der Waals surface area contributed by atoms with Crippen molar-refractivity contribution in [2.24, 2.45) is 0 Å². The molecule has 2 heterocycles. The first kappa shape index (κ1) is 18.2. The number of nitrogens with zero attached hydrogens (tertiary/aromatic N) is 1. The van der Waals surface area contributed by atoms with Crippen LogP contribution in [0.4, 0.5) is 0 Å². The third-order valence-electron chi connectivity index (χ3n) is 6.62. The molecule has 5 rings (SSSR count). The minimum Gasteiger partial charge on any atom is -0.329 e. The molecule has 0 radical (unpaired) electrons. The highest BCUT2D eigenvalue weighted by molar-refractivity contribution is 6.08. The molecule has 2 aromatic rings. The molecule has 150 valence electrons. The molecule has 0 saturated heterocycles. The van der Waals surface area contributed by atoms with E-state index in [1.54, 1.807) is 0 Å². The van der Waals surface area contributed by atoms with Gasteiger partial charge in [-0.05, 0) is 57.4 Å². The van der Waals surface area contributed by atoms with Crippen molar-refractivity contribution in [1.29, 1.82) is 0 Å². The Morgan fingerprint density at radius 2 is 1.72 bits per heavy atom. The van der Waals surface area contributed by atoms with Crippen LogP contribution < -0.4 is 10.9 Å². The maximum Gasteiger partial charge on any atom is 0.260 e. The molecule has 1 aromatic carbocycles. The highest BCUT2D eigenvalue weighted by Crippen LogP contribution is 2.42. The van der Waals surface area contributed by atoms with Crippen LogP contribution in [0.3, 0.4) is 0 Å². The van der Waals surface area contributed by atoms with Gasteiger partial charge in [0, 0.05) is 28.2 Å². The van der Waals surface area contributed by atoms with Crippen molar-refractivity contribution in [3.8, 4) is 0 Å². The maximum atomic E-state index is 14.0. The van der Waals surface area contributed by atoms with Crippen LogP contribution >= 0.6 is 0 Å². The van der Waals surface area contributed by atoms with Crippen LogP contribution in [0.2, 0.25) is 0 Å². The van der Waals surface area contributed by atoms with Gasteiger partial charge < -0.3 is 10.3 Å². The van der Waals surface area contributed by atoms with E-state index in [1.807, 2.05) is 29.2 Å². The summed E-state index contributed by atoms with van der Waals surface area (Å²) in [5.41, 5.74) is 1.71. The Hall–Kier alpha value is -2.89. The average molecular weight is 391 g/mol. The van der Waals surface area contributed by atoms with Gasteiger partial charge in [-0.3, -0.25) is 19.3 Å². The molecule has 1 aliphatic heterocycles. The Labute approximate surface area is 169 Å². The highest BCUT2D eigenvalue weighted by atomic mass is 16.2. The standard InChI is InChI=1S/C23H25N3O3/c27-20-14-17(15-8-2-4-10-18(15)24-20)22(29)26-19-11-5-3-9-16(19)21(28)25-23(26)12-6-1-7-13-23/h2,4,8,10,14H,1,3,5-7,9,11-13H2,(H,24,27)(H,25,28). The summed E-state index contributed by atoms with van der Waals surface area (Å²) in [5.74, 6) is -0.190. The van der Waals surface area contributed by atoms with Crippen molar-refractivity contribution in [3.63, 3.8) is 0 Å². The highest BCUT2D eigenvalue weighted by Gasteiger charge is 2.49. The van der Waals surface area contributed by atoms with E-state index in [4.69, 9.17) is 0 Å². The maximum absolute atomic E-state index is 14.0. The number of nitrogens with one attached hydrogen (secondary N) is 2. The fourth-order valence-electron chi connectivity index (χ4n) is 5.29. The molecule has 0 bridgehead atoms. The van der Waals surface area contributed by atoms with Crippen molar-refractivity contribution >= 4 is 22.7 Å². The molecule has 1 saturated carbocycles. The number of fused-ring (bicyclic) bond motifs is 1. The Morgan fingerprint density at radius 1 is 0.966 bits per heavy atom. The number of pyridine rings is 1. The number of carbonyl (C=O) groups excluding carboxylic acids is 2. The van der Waals surface area contributed by atoms with Crippen LogP contribution in [0, 0.1) is 0 Å². The van der Waals surface area contributed by atoms with E-state index < -0.39 is 5.66 Å². The zero-order chi connectivity index (χ0) is 20.0. The van der Waals surface area contributed by atoms with Gasteiger partial charge in [0.25, 0.3) is 11.8 Å². The Bertz CT molecular complexity index is 1090. The molecular formula is C23H25N3O3. The van der Waals surface area contributed by atoms with E-state index in [0.717, 1.165) is 68.0 Å². The number of aromatic amines is 1. The number of amides is 2. The van der Waals surface area contributed by atoms with Gasteiger partial charge in [-0.2, -0.15) is 0 Å². The first-order valence-electron chi connectivity index (χ1n) is 10.6. The topological polar surface area (TPSA) is 82.3 Å². The number of H-pyrrole nitrogens is 1. The van der Waals surface area contributed by atoms with E-state index in [2.05, 4.69) is 10.3 Å². The van der Waals surface area contributed by atoms with Gasteiger partial charge in [0.1, 0.15) is 5.66 Å². The molecule has 2 aliphatic carbocycles. The smallest absolute Gasteiger partial charge is 0.260 e. The fraction of sp³-hybridized carbons (Fsp3) is 0.435. The van der Waals surface area contributed by atoms with Crippen molar-refractivity contribution in [3.05, 3.63) is 57.5 Å². The van der Waals surface area contributed by atoms with Crippen LogP contribution in [0.5, 0.6) is 0 Å². The molecule has 2 amide bonds. The van der Waals surface area contributed by atoms with Crippen molar-refractivity contribution in [2.45, 2.75) is 63.5 Å². The number of hydrogen-bond acceptors (Lipinski definition) is 3. The summed E-state index contributed by atoms with van der Waals surface area (Å²) < 4.78 is 0. The summed E-state index contributed by atoms with van der Waals surface area (Å²) in [4.78, 5) is 43.9. The number of hydrogen-bond donors (Lipinski definition) is 2. The molecule has 0 unspecified atom stereocenters. The van der Waals surface area contributed by atoms with E-state index >= 15 is 0 Å². The lowest BCUT2D eigenvalue weighted by Crippen LogP contribution is -2.66. The van der Waals surface area contributed by atoms with Gasteiger partial charge in [-0.25, -0.2) is 0 Å². The van der Waals surface area contributed by atoms with Gasteiger partial charge in [-0.15, -0.1) is 0 Å². The SMILES string of the molecule is O=C1NC2(CCCCC2)N(C(=O)c2cc(=O)[nH]c3ccccc23)C2=C1CCCC2. The van der Waals surface area contributed by atoms with E-state index in [-0.39, 0.29) is 17.4 Å². The Kier molecular flexibility index (Phi) is 4.30. The Morgan fingerprint density at radius 3 is 2.55 bits per heavy atom. The average Bonchev–Trinajstić information content (AvgIpc) is 2.73. The minimum atomic E-state index is -0.674. The number of para-hydroxylation sites is 1. The molecule has 6 nitrogen and oxygen atoms in total. The van der Waals surface area contributed by atoms with Gasteiger partial charge in [0.15, 0.2) is 0 Å². The molecule has 1 aromatic heterocycles. The lowest BCUT2D eigenvalue weighted by atomic mass is 9.81. The van der Waals surface area contributed by atoms with Gasteiger partial charge in [-0.1, -0.05) is 24.6 Å². The summed E-state index contributed by atoms with van der Waals surface area (Å²) in [6.45, 7) is 0. The molecular weight excluding hydrogens is 366 g/mol. The summed E-state index contributed by atoms with van der Waals surface area (Å²) in [5, 5.41) is 3.95. The van der Waals surface area contributed by atoms with Gasteiger partial charge in [0.05, 0.1) is 5.56 Å². The van der Waals surface area contributed by atoms with Crippen molar-refractivity contribution in [2.75, 3.05) is 0 Å². The van der Waals surface area contributed by atoms with Crippen LogP contribution in [0.25, 0.3) is 10.9 Å². The second-order valence-corrected chi connectivity index (χ2v) is 8.41. The molecule has 3 aliphatic rings. The largest absolute Gasteiger partial charge is 0.329 e. The number of aromatic nitrogens is 1. The fourth-order valence-corrected chi connectivity index (χ4v) is 5.29. The Balaban J connectivity index is 1.71. The molecule has 2 N–H and O–H groups in total. The first-order chi connectivity index (χ1) is 14.1. The monoisotopic (exact) mass is 391 g/mol. The van der Waals surface area contributed by atoms with Gasteiger partial charge in [0.2, 0.25) is 5.56 Å². The molecule has 6 heteroatoms. The van der Waals surface area contributed by atoms with Crippen LogP contribution in [-0.2, 0) is 4.79 Å². The summed E-state index contributed by atoms with van der Waals surface area (Å²) in [6, 6.07) is 8.80.